The Kier molecular flexibility index (Phi) is 7.14. The minimum atomic E-state index is -3.61. The Morgan fingerprint density at radius 3 is 2.80 bits per heavy atom. The van der Waals surface area contributed by atoms with Crippen LogP contribution in [0.1, 0.15) is 32.3 Å². The molecule has 0 aliphatic heterocycles. The molecule has 0 saturated carbocycles. The van der Waals surface area contributed by atoms with E-state index in [4.69, 9.17) is 4.74 Å². The number of sulfonamides is 1. The SMILES string of the molecule is CCCC(COC)NS(=O)(=O)c1[nH]ncc1CNCC. The third kappa shape index (κ3) is 4.86. The summed E-state index contributed by atoms with van der Waals surface area (Å²) in [6.07, 6.45) is 3.13. The summed E-state index contributed by atoms with van der Waals surface area (Å²) in [5, 5.41) is 9.60. The van der Waals surface area contributed by atoms with Crippen molar-refractivity contribution in [1.82, 2.24) is 20.2 Å². The predicted octanol–water partition coefficient (Wildman–Crippen LogP) is 0.613. The molecule has 0 radical (unpaired) electrons. The Morgan fingerprint density at radius 1 is 1.45 bits per heavy atom. The van der Waals surface area contributed by atoms with Crippen LogP contribution in [0.4, 0.5) is 0 Å². The van der Waals surface area contributed by atoms with E-state index < -0.39 is 10.0 Å². The Balaban J connectivity index is 2.84. The van der Waals surface area contributed by atoms with Crippen molar-refractivity contribution in [3.8, 4) is 0 Å². The lowest BCUT2D eigenvalue weighted by atomic mass is 10.2. The number of H-pyrrole nitrogens is 1. The molecule has 116 valence electrons. The number of methoxy groups -OCH3 is 1. The average Bonchev–Trinajstić information content (AvgIpc) is 2.85. The zero-order chi connectivity index (χ0) is 15.0. The van der Waals surface area contributed by atoms with Crippen LogP contribution < -0.4 is 10.0 Å². The van der Waals surface area contributed by atoms with E-state index in [1.54, 1.807) is 7.11 Å². The van der Waals surface area contributed by atoms with Crippen molar-refractivity contribution in [1.29, 1.82) is 0 Å². The number of aromatic nitrogens is 2. The Labute approximate surface area is 120 Å². The van der Waals surface area contributed by atoms with Crippen molar-refractivity contribution >= 4 is 10.0 Å². The Morgan fingerprint density at radius 2 is 2.20 bits per heavy atom. The van der Waals surface area contributed by atoms with Crippen LogP contribution in [0.2, 0.25) is 0 Å². The maximum Gasteiger partial charge on any atom is 0.258 e. The third-order valence-electron chi connectivity index (χ3n) is 2.84. The summed E-state index contributed by atoms with van der Waals surface area (Å²) in [6, 6.07) is -0.231. The molecule has 0 spiro atoms. The van der Waals surface area contributed by atoms with Crippen LogP contribution in [0.3, 0.4) is 0 Å². The molecule has 1 unspecified atom stereocenters. The molecule has 1 heterocycles. The number of ether oxygens (including phenoxy) is 1. The molecule has 1 atom stereocenters. The molecular formula is C12H24N4O3S. The highest BCUT2D eigenvalue weighted by Gasteiger charge is 2.24. The predicted molar refractivity (Wildman–Crippen MR) is 76.9 cm³/mol. The number of aromatic amines is 1. The molecule has 7 nitrogen and oxygen atoms in total. The fourth-order valence-electron chi connectivity index (χ4n) is 1.92. The summed E-state index contributed by atoms with van der Waals surface area (Å²) in [7, 11) is -2.05. The van der Waals surface area contributed by atoms with Gasteiger partial charge in [0.1, 0.15) is 0 Å². The first-order valence-corrected chi connectivity index (χ1v) is 8.27. The van der Waals surface area contributed by atoms with Gasteiger partial charge in [-0.05, 0) is 13.0 Å². The van der Waals surface area contributed by atoms with E-state index in [0.717, 1.165) is 19.4 Å². The highest BCUT2D eigenvalue weighted by molar-refractivity contribution is 7.89. The zero-order valence-electron chi connectivity index (χ0n) is 12.3. The van der Waals surface area contributed by atoms with Gasteiger partial charge in [0, 0.05) is 25.3 Å². The molecule has 1 aromatic rings. The second-order valence-electron chi connectivity index (χ2n) is 4.57. The molecule has 1 aromatic heterocycles. The first kappa shape index (κ1) is 17.1. The van der Waals surface area contributed by atoms with E-state index in [1.165, 1.54) is 6.20 Å². The monoisotopic (exact) mass is 304 g/mol. The first-order chi connectivity index (χ1) is 9.55. The second kappa shape index (κ2) is 8.35. The Bertz CT molecular complexity index is 481. The lowest BCUT2D eigenvalue weighted by Gasteiger charge is -2.17. The van der Waals surface area contributed by atoms with Crippen molar-refractivity contribution in [2.75, 3.05) is 20.3 Å². The topological polar surface area (TPSA) is 96.1 Å². The van der Waals surface area contributed by atoms with Crippen molar-refractivity contribution in [3.63, 3.8) is 0 Å². The van der Waals surface area contributed by atoms with Gasteiger partial charge in [0.15, 0.2) is 5.03 Å². The van der Waals surface area contributed by atoms with Crippen LogP contribution >= 0.6 is 0 Å². The van der Waals surface area contributed by atoms with Crippen LogP contribution in [0.15, 0.2) is 11.2 Å². The van der Waals surface area contributed by atoms with Gasteiger partial charge in [-0.25, -0.2) is 13.1 Å². The summed E-state index contributed by atoms with van der Waals surface area (Å²) in [6.45, 7) is 5.54. The molecule has 0 aliphatic rings. The number of hydrogen-bond donors (Lipinski definition) is 3. The van der Waals surface area contributed by atoms with E-state index in [2.05, 4.69) is 20.2 Å². The summed E-state index contributed by atoms with van der Waals surface area (Å²) < 4.78 is 32.5. The van der Waals surface area contributed by atoms with Crippen LogP contribution in [-0.2, 0) is 21.3 Å². The van der Waals surface area contributed by atoms with Crippen molar-refractivity contribution in [3.05, 3.63) is 11.8 Å². The van der Waals surface area contributed by atoms with Gasteiger partial charge in [-0.1, -0.05) is 20.3 Å². The second-order valence-corrected chi connectivity index (χ2v) is 6.22. The molecule has 0 aromatic carbocycles. The minimum absolute atomic E-state index is 0.121. The summed E-state index contributed by atoms with van der Waals surface area (Å²) >= 11 is 0. The van der Waals surface area contributed by atoms with Gasteiger partial charge < -0.3 is 10.1 Å². The lowest BCUT2D eigenvalue weighted by molar-refractivity contribution is 0.171. The van der Waals surface area contributed by atoms with E-state index in [0.29, 0.717) is 18.7 Å². The van der Waals surface area contributed by atoms with E-state index in [1.807, 2.05) is 13.8 Å². The highest BCUT2D eigenvalue weighted by atomic mass is 32.2. The largest absolute Gasteiger partial charge is 0.383 e. The molecule has 0 amide bonds. The van der Waals surface area contributed by atoms with Crippen LogP contribution in [0.5, 0.6) is 0 Å². The van der Waals surface area contributed by atoms with Crippen LogP contribution in [-0.4, -0.2) is 44.9 Å². The average molecular weight is 304 g/mol. The van der Waals surface area contributed by atoms with Gasteiger partial charge in [0.2, 0.25) is 0 Å². The lowest BCUT2D eigenvalue weighted by Crippen LogP contribution is -2.38. The van der Waals surface area contributed by atoms with Crippen LogP contribution in [0.25, 0.3) is 0 Å². The van der Waals surface area contributed by atoms with Gasteiger partial charge in [0.05, 0.1) is 12.8 Å². The van der Waals surface area contributed by atoms with Gasteiger partial charge in [0.25, 0.3) is 10.0 Å². The number of rotatable bonds is 10. The van der Waals surface area contributed by atoms with Crippen molar-refractivity contribution in [2.24, 2.45) is 0 Å². The molecule has 1 rings (SSSR count). The highest BCUT2D eigenvalue weighted by Crippen LogP contribution is 2.13. The quantitative estimate of drug-likeness (QED) is 0.588. The van der Waals surface area contributed by atoms with Crippen molar-refractivity contribution < 1.29 is 13.2 Å². The molecule has 20 heavy (non-hydrogen) atoms. The first-order valence-electron chi connectivity index (χ1n) is 6.79. The maximum absolute atomic E-state index is 12.4. The molecule has 0 aliphatic carbocycles. The number of nitrogens with zero attached hydrogens (tertiary/aromatic N) is 1. The molecule has 8 heteroatoms. The summed E-state index contributed by atoms with van der Waals surface area (Å²) in [5.41, 5.74) is 0.631. The number of hydrogen-bond acceptors (Lipinski definition) is 5. The van der Waals surface area contributed by atoms with E-state index in [-0.39, 0.29) is 11.1 Å². The third-order valence-corrected chi connectivity index (χ3v) is 4.37. The standard InChI is InChI=1S/C12H24N4O3S/c1-4-6-11(9-19-3)16-20(17,18)12-10(7-13-5-2)8-14-15-12/h8,11,13,16H,4-7,9H2,1-3H3,(H,14,15). The molecule has 0 saturated heterocycles. The van der Waals surface area contributed by atoms with Crippen LogP contribution in [0, 0.1) is 0 Å². The Hall–Kier alpha value is -0.960. The number of nitrogens with one attached hydrogen (secondary N) is 3. The van der Waals surface area contributed by atoms with Gasteiger partial charge in [-0.2, -0.15) is 5.10 Å². The minimum Gasteiger partial charge on any atom is -0.383 e. The van der Waals surface area contributed by atoms with Gasteiger partial charge in [-0.15, -0.1) is 0 Å². The summed E-state index contributed by atoms with van der Waals surface area (Å²) in [5.74, 6) is 0. The fraction of sp³-hybridized carbons (Fsp3) is 0.750. The van der Waals surface area contributed by atoms with Gasteiger partial charge >= 0.3 is 0 Å². The molecular weight excluding hydrogens is 280 g/mol. The molecule has 0 bridgehead atoms. The molecule has 0 fully saturated rings. The zero-order valence-corrected chi connectivity index (χ0v) is 13.1. The fourth-order valence-corrected chi connectivity index (χ4v) is 3.31. The maximum atomic E-state index is 12.4. The van der Waals surface area contributed by atoms with Crippen molar-refractivity contribution in [2.45, 2.75) is 44.3 Å². The summed E-state index contributed by atoms with van der Waals surface area (Å²) in [4.78, 5) is 0. The smallest absolute Gasteiger partial charge is 0.258 e. The van der Waals surface area contributed by atoms with E-state index >= 15 is 0 Å². The molecule has 3 N–H and O–H groups in total. The van der Waals surface area contributed by atoms with Gasteiger partial charge in [-0.3, -0.25) is 5.10 Å². The van der Waals surface area contributed by atoms with E-state index in [9.17, 15) is 8.42 Å². The normalized spacial score (nSPS) is 13.6.